The van der Waals surface area contributed by atoms with Crippen molar-refractivity contribution in [2.24, 2.45) is 11.1 Å². The van der Waals surface area contributed by atoms with Gasteiger partial charge in [0.15, 0.2) is 17.0 Å². The average Bonchev–Trinajstić information content (AvgIpc) is 3.46. The van der Waals surface area contributed by atoms with Crippen LogP contribution in [-0.4, -0.2) is 74.6 Å². The molecule has 0 bridgehead atoms. The van der Waals surface area contributed by atoms with E-state index in [1.807, 2.05) is 17.3 Å². The summed E-state index contributed by atoms with van der Waals surface area (Å²) in [7, 11) is 0. The second kappa shape index (κ2) is 8.48. The van der Waals surface area contributed by atoms with Gasteiger partial charge in [-0.25, -0.2) is 9.97 Å². The van der Waals surface area contributed by atoms with Crippen molar-refractivity contribution in [1.29, 1.82) is 0 Å². The lowest BCUT2D eigenvalue weighted by Gasteiger charge is -2.55. The molecule has 0 radical (unpaired) electrons. The summed E-state index contributed by atoms with van der Waals surface area (Å²) >= 11 is 0. The van der Waals surface area contributed by atoms with E-state index >= 15 is 0 Å². The highest BCUT2D eigenvalue weighted by Crippen LogP contribution is 2.35. The molecule has 2 aliphatic heterocycles. The Morgan fingerprint density at radius 3 is 2.68 bits per heavy atom. The monoisotopic (exact) mass is 462 g/mol. The van der Waals surface area contributed by atoms with Crippen molar-refractivity contribution in [2.45, 2.75) is 31.7 Å². The number of aromatic nitrogens is 5. The highest BCUT2D eigenvalue weighted by Gasteiger charge is 2.49. The molecule has 1 aliphatic carbocycles. The lowest BCUT2D eigenvalue weighted by Crippen LogP contribution is -2.71. The third kappa shape index (κ3) is 3.74. The van der Waals surface area contributed by atoms with Crippen LogP contribution in [0.3, 0.4) is 0 Å². The molecule has 0 unspecified atom stereocenters. The Balaban J connectivity index is 1.23. The first-order valence-corrected chi connectivity index (χ1v) is 12.1. The van der Waals surface area contributed by atoms with E-state index in [9.17, 15) is 4.79 Å². The van der Waals surface area contributed by atoms with Gasteiger partial charge in [0.25, 0.3) is 5.91 Å². The summed E-state index contributed by atoms with van der Waals surface area (Å²) in [6, 6.07) is 4.03. The maximum atomic E-state index is 12.7. The van der Waals surface area contributed by atoms with Gasteiger partial charge in [-0.15, -0.1) is 0 Å². The van der Waals surface area contributed by atoms with Crippen LogP contribution in [0.1, 0.15) is 42.2 Å². The molecule has 0 atom stereocenters. The van der Waals surface area contributed by atoms with Crippen LogP contribution < -0.4 is 21.7 Å². The largest absolute Gasteiger partial charge is 0.353 e. The standard InChI is InChI=1S/C23H30N10O/c24-7-8-26-22-30-19(18-20(31-22)33(14-28-18)16-3-1-2-4-16)29-15-5-6-17(27-9-15)21(34)32-12-23(13-32)10-25-11-23/h5-6,9,14,16,25H,1-4,7-8,10-13,24H2,(H2,26,29,30,31). The van der Waals surface area contributed by atoms with Crippen molar-refractivity contribution < 1.29 is 4.79 Å². The number of carbonyl (C=O) groups excluding carboxylic acids is 1. The molecule has 11 nitrogen and oxygen atoms in total. The first kappa shape index (κ1) is 21.2. The van der Waals surface area contributed by atoms with Gasteiger partial charge in [0, 0.05) is 50.7 Å². The Morgan fingerprint density at radius 1 is 1.18 bits per heavy atom. The van der Waals surface area contributed by atoms with Crippen LogP contribution in [0.15, 0.2) is 24.7 Å². The lowest BCUT2D eigenvalue weighted by atomic mass is 9.74. The zero-order valence-corrected chi connectivity index (χ0v) is 19.1. The average molecular weight is 463 g/mol. The van der Waals surface area contributed by atoms with E-state index in [1.165, 1.54) is 12.8 Å². The number of rotatable bonds is 7. The molecule has 0 aromatic carbocycles. The van der Waals surface area contributed by atoms with E-state index in [0.29, 0.717) is 47.5 Å². The number of nitrogens with zero attached hydrogens (tertiary/aromatic N) is 6. The summed E-state index contributed by atoms with van der Waals surface area (Å²) in [5, 5.41) is 9.80. The molecule has 3 aromatic heterocycles. The molecule has 11 heteroatoms. The van der Waals surface area contributed by atoms with Gasteiger partial charge in [-0.05, 0) is 25.0 Å². The molecule has 1 saturated carbocycles. The minimum atomic E-state index is -0.0166. The van der Waals surface area contributed by atoms with E-state index in [4.69, 9.17) is 10.7 Å². The normalized spacial score (nSPS) is 19.3. The zero-order valence-electron chi connectivity index (χ0n) is 19.1. The van der Waals surface area contributed by atoms with E-state index < -0.39 is 0 Å². The summed E-state index contributed by atoms with van der Waals surface area (Å²) in [5.41, 5.74) is 8.68. The number of hydrogen-bond donors (Lipinski definition) is 4. The van der Waals surface area contributed by atoms with Crippen molar-refractivity contribution in [3.8, 4) is 0 Å². The van der Waals surface area contributed by atoms with E-state index in [0.717, 1.165) is 50.4 Å². The summed E-state index contributed by atoms with van der Waals surface area (Å²) < 4.78 is 2.17. The summed E-state index contributed by atoms with van der Waals surface area (Å²) in [6.45, 7) is 4.68. The van der Waals surface area contributed by atoms with Crippen LogP contribution >= 0.6 is 0 Å². The van der Waals surface area contributed by atoms with Crippen LogP contribution in [0, 0.1) is 5.41 Å². The van der Waals surface area contributed by atoms with Crippen LogP contribution in [0.5, 0.6) is 0 Å². The maximum absolute atomic E-state index is 12.7. The van der Waals surface area contributed by atoms with Gasteiger partial charge in [0.2, 0.25) is 5.95 Å². The zero-order chi connectivity index (χ0) is 23.1. The highest BCUT2D eigenvalue weighted by atomic mass is 16.2. The Morgan fingerprint density at radius 2 is 2.00 bits per heavy atom. The van der Waals surface area contributed by atoms with Crippen LogP contribution in [0.25, 0.3) is 11.2 Å². The van der Waals surface area contributed by atoms with Gasteiger partial charge in [-0.3, -0.25) is 4.79 Å². The Labute approximate surface area is 197 Å². The molecule has 5 heterocycles. The number of anilines is 3. The summed E-state index contributed by atoms with van der Waals surface area (Å²) in [5.74, 6) is 1.10. The number of amides is 1. The molecule has 34 heavy (non-hydrogen) atoms. The summed E-state index contributed by atoms with van der Waals surface area (Å²) in [6.07, 6.45) is 8.26. The second-order valence-corrected chi connectivity index (χ2v) is 9.70. The third-order valence-corrected chi connectivity index (χ3v) is 7.15. The molecule has 3 fully saturated rings. The molecule has 6 rings (SSSR count). The fourth-order valence-corrected chi connectivity index (χ4v) is 5.22. The topological polar surface area (TPSA) is 139 Å². The Hall–Kier alpha value is -3.31. The molecular weight excluding hydrogens is 432 g/mol. The van der Waals surface area contributed by atoms with Gasteiger partial charge >= 0.3 is 0 Å². The van der Waals surface area contributed by atoms with Gasteiger partial charge in [-0.2, -0.15) is 9.97 Å². The van der Waals surface area contributed by atoms with E-state index in [1.54, 1.807) is 12.3 Å². The van der Waals surface area contributed by atoms with Crippen molar-refractivity contribution in [3.05, 3.63) is 30.4 Å². The second-order valence-electron chi connectivity index (χ2n) is 9.70. The predicted octanol–water partition coefficient (Wildman–Crippen LogP) is 1.50. The molecule has 178 valence electrons. The molecule has 1 spiro atoms. The quantitative estimate of drug-likeness (QED) is 0.411. The Kier molecular flexibility index (Phi) is 5.30. The highest BCUT2D eigenvalue weighted by molar-refractivity contribution is 5.93. The minimum Gasteiger partial charge on any atom is -0.353 e. The molecule has 3 aliphatic rings. The minimum absolute atomic E-state index is 0.0166. The first-order valence-electron chi connectivity index (χ1n) is 12.1. The first-order chi connectivity index (χ1) is 16.6. The van der Waals surface area contributed by atoms with Crippen LogP contribution in [0.4, 0.5) is 17.5 Å². The SMILES string of the molecule is NCCNc1nc(Nc2ccc(C(=O)N3CC4(CNC4)C3)nc2)c2ncn(C3CCCC3)c2n1. The number of nitrogens with one attached hydrogen (secondary N) is 3. The predicted molar refractivity (Wildman–Crippen MR) is 129 cm³/mol. The van der Waals surface area contributed by atoms with Crippen LogP contribution in [-0.2, 0) is 0 Å². The van der Waals surface area contributed by atoms with Gasteiger partial charge < -0.3 is 31.2 Å². The Bertz CT molecular complexity index is 1190. The number of carbonyl (C=O) groups is 1. The maximum Gasteiger partial charge on any atom is 0.272 e. The number of imidazole rings is 1. The van der Waals surface area contributed by atoms with Crippen molar-refractivity contribution in [2.75, 3.05) is 49.9 Å². The summed E-state index contributed by atoms with van der Waals surface area (Å²) in [4.78, 5) is 33.0. The smallest absolute Gasteiger partial charge is 0.272 e. The number of nitrogens with two attached hydrogens (primary N) is 1. The fraction of sp³-hybridized carbons (Fsp3) is 0.522. The van der Waals surface area contributed by atoms with Crippen molar-refractivity contribution in [1.82, 2.24) is 34.7 Å². The molecule has 2 saturated heterocycles. The van der Waals surface area contributed by atoms with E-state index in [2.05, 4.69) is 35.5 Å². The molecular formula is C23H30N10O. The van der Waals surface area contributed by atoms with Crippen molar-refractivity contribution >= 4 is 34.5 Å². The van der Waals surface area contributed by atoms with Gasteiger partial charge in [-0.1, -0.05) is 12.8 Å². The number of hydrogen-bond acceptors (Lipinski definition) is 9. The number of fused-ring (bicyclic) bond motifs is 1. The molecule has 1 amide bonds. The fourth-order valence-electron chi connectivity index (χ4n) is 5.22. The van der Waals surface area contributed by atoms with Gasteiger partial charge in [0.1, 0.15) is 5.69 Å². The van der Waals surface area contributed by atoms with Crippen molar-refractivity contribution in [3.63, 3.8) is 0 Å². The van der Waals surface area contributed by atoms with E-state index in [-0.39, 0.29) is 5.91 Å². The van der Waals surface area contributed by atoms with Crippen LogP contribution in [0.2, 0.25) is 0 Å². The number of likely N-dealkylation sites (tertiary alicyclic amines) is 1. The lowest BCUT2D eigenvalue weighted by molar-refractivity contribution is -0.0251. The molecule has 5 N–H and O–H groups in total. The number of pyridine rings is 1. The third-order valence-electron chi connectivity index (χ3n) is 7.15. The van der Waals surface area contributed by atoms with Gasteiger partial charge in [0.05, 0.1) is 18.2 Å². The molecule has 3 aromatic rings.